The number of carbonyl (C=O) groups excluding carboxylic acids is 1. The first kappa shape index (κ1) is 13.5. The molecule has 1 aromatic carbocycles. The molecule has 1 aromatic heterocycles. The average Bonchev–Trinajstić information content (AvgIpc) is 2.93. The first-order valence-corrected chi connectivity index (χ1v) is 5.88. The maximum Gasteiger partial charge on any atom is 0.328 e. The standard InChI is InChI=1S/C14H13N3O3/c1-9-6-10(3-5-13(18)19)2-4-12(9)17-14(20)11-7-15-16-8-11/h2-8H,1H3,(H,15,16)(H,17,20)(H,18,19). The molecule has 0 atom stereocenters. The van der Waals surface area contributed by atoms with Crippen molar-refractivity contribution >= 4 is 23.6 Å². The number of hydrogen-bond donors (Lipinski definition) is 3. The van der Waals surface area contributed by atoms with Crippen molar-refractivity contribution in [1.82, 2.24) is 10.2 Å². The van der Waals surface area contributed by atoms with Crippen LogP contribution in [0.15, 0.2) is 36.7 Å². The van der Waals surface area contributed by atoms with E-state index >= 15 is 0 Å². The predicted octanol–water partition coefficient (Wildman–Crippen LogP) is 2.07. The summed E-state index contributed by atoms with van der Waals surface area (Å²) in [6.07, 6.45) is 5.51. The number of carboxylic acid groups (broad SMARTS) is 1. The molecule has 0 aliphatic heterocycles. The highest BCUT2D eigenvalue weighted by Crippen LogP contribution is 2.18. The van der Waals surface area contributed by atoms with Crippen LogP contribution in [0.5, 0.6) is 0 Å². The molecule has 102 valence electrons. The van der Waals surface area contributed by atoms with Gasteiger partial charge in [0, 0.05) is 18.0 Å². The fourth-order valence-electron chi connectivity index (χ4n) is 1.67. The number of aliphatic carboxylic acids is 1. The van der Waals surface area contributed by atoms with Gasteiger partial charge in [-0.3, -0.25) is 9.89 Å². The Hall–Kier alpha value is -2.89. The molecule has 0 aliphatic rings. The lowest BCUT2D eigenvalue weighted by atomic mass is 10.1. The van der Waals surface area contributed by atoms with Crippen LogP contribution in [-0.2, 0) is 4.79 Å². The fourth-order valence-corrected chi connectivity index (χ4v) is 1.67. The lowest BCUT2D eigenvalue weighted by Crippen LogP contribution is -2.11. The number of carbonyl (C=O) groups is 2. The Bertz CT molecular complexity index is 660. The molecule has 0 saturated heterocycles. The van der Waals surface area contributed by atoms with E-state index in [1.54, 1.807) is 18.2 Å². The van der Waals surface area contributed by atoms with Crippen molar-refractivity contribution < 1.29 is 14.7 Å². The highest BCUT2D eigenvalue weighted by molar-refractivity contribution is 6.04. The van der Waals surface area contributed by atoms with Crippen LogP contribution in [0.1, 0.15) is 21.5 Å². The van der Waals surface area contributed by atoms with Gasteiger partial charge in [-0.1, -0.05) is 6.07 Å². The first-order chi connectivity index (χ1) is 9.56. The largest absolute Gasteiger partial charge is 0.478 e. The topological polar surface area (TPSA) is 95.1 Å². The summed E-state index contributed by atoms with van der Waals surface area (Å²) in [5, 5.41) is 17.6. The van der Waals surface area contributed by atoms with Crippen LogP contribution in [-0.4, -0.2) is 27.2 Å². The summed E-state index contributed by atoms with van der Waals surface area (Å²) in [5.74, 6) is -1.25. The van der Waals surface area contributed by atoms with E-state index in [2.05, 4.69) is 15.5 Å². The quantitative estimate of drug-likeness (QED) is 0.742. The van der Waals surface area contributed by atoms with Gasteiger partial charge in [-0.05, 0) is 36.3 Å². The minimum absolute atomic E-state index is 0.254. The van der Waals surface area contributed by atoms with Crippen LogP contribution in [0.4, 0.5) is 5.69 Å². The van der Waals surface area contributed by atoms with E-state index in [9.17, 15) is 9.59 Å². The molecule has 6 nitrogen and oxygen atoms in total. The number of aromatic nitrogens is 2. The number of benzene rings is 1. The van der Waals surface area contributed by atoms with Crippen LogP contribution in [0.2, 0.25) is 0 Å². The molecule has 0 aliphatic carbocycles. The average molecular weight is 271 g/mol. The molecule has 20 heavy (non-hydrogen) atoms. The van der Waals surface area contributed by atoms with Crippen molar-refractivity contribution in [3.05, 3.63) is 53.4 Å². The molecule has 3 N–H and O–H groups in total. The Morgan fingerprint density at radius 3 is 2.80 bits per heavy atom. The van der Waals surface area contributed by atoms with E-state index < -0.39 is 5.97 Å². The Morgan fingerprint density at radius 1 is 1.40 bits per heavy atom. The highest BCUT2D eigenvalue weighted by atomic mass is 16.4. The second-order valence-corrected chi connectivity index (χ2v) is 4.19. The number of H-pyrrole nitrogens is 1. The molecular formula is C14H13N3O3. The monoisotopic (exact) mass is 271 g/mol. The molecule has 0 unspecified atom stereocenters. The van der Waals surface area contributed by atoms with Gasteiger partial charge in [0.05, 0.1) is 11.8 Å². The summed E-state index contributed by atoms with van der Waals surface area (Å²) >= 11 is 0. The molecule has 0 bridgehead atoms. The lowest BCUT2D eigenvalue weighted by Gasteiger charge is -2.08. The number of aryl methyl sites for hydroxylation is 1. The Kier molecular flexibility index (Phi) is 3.95. The van der Waals surface area contributed by atoms with Crippen molar-refractivity contribution in [2.75, 3.05) is 5.32 Å². The highest BCUT2D eigenvalue weighted by Gasteiger charge is 2.08. The molecule has 0 saturated carbocycles. The van der Waals surface area contributed by atoms with Crippen LogP contribution in [0.3, 0.4) is 0 Å². The van der Waals surface area contributed by atoms with Crippen molar-refractivity contribution in [3.63, 3.8) is 0 Å². The summed E-state index contributed by atoms with van der Waals surface area (Å²) in [6.45, 7) is 1.84. The second kappa shape index (κ2) is 5.83. The lowest BCUT2D eigenvalue weighted by molar-refractivity contribution is -0.131. The van der Waals surface area contributed by atoms with E-state index in [1.165, 1.54) is 18.5 Å². The van der Waals surface area contributed by atoms with E-state index in [4.69, 9.17) is 5.11 Å². The smallest absolute Gasteiger partial charge is 0.328 e. The number of carboxylic acids is 1. The number of hydrogen-bond acceptors (Lipinski definition) is 3. The number of rotatable bonds is 4. The Morgan fingerprint density at radius 2 is 2.20 bits per heavy atom. The van der Waals surface area contributed by atoms with Crippen LogP contribution in [0.25, 0.3) is 6.08 Å². The molecule has 1 heterocycles. The van der Waals surface area contributed by atoms with E-state index in [0.717, 1.165) is 17.2 Å². The molecule has 0 radical (unpaired) electrons. The maximum atomic E-state index is 11.9. The zero-order chi connectivity index (χ0) is 14.5. The Labute approximate surface area is 115 Å². The summed E-state index contributed by atoms with van der Waals surface area (Å²) in [4.78, 5) is 22.3. The zero-order valence-corrected chi connectivity index (χ0v) is 10.8. The number of anilines is 1. The minimum Gasteiger partial charge on any atom is -0.478 e. The van der Waals surface area contributed by atoms with Gasteiger partial charge in [-0.2, -0.15) is 5.10 Å². The van der Waals surface area contributed by atoms with Crippen molar-refractivity contribution in [3.8, 4) is 0 Å². The van der Waals surface area contributed by atoms with Gasteiger partial charge in [0.25, 0.3) is 5.91 Å². The second-order valence-electron chi connectivity index (χ2n) is 4.19. The van der Waals surface area contributed by atoms with Crippen LogP contribution >= 0.6 is 0 Å². The molecule has 1 amide bonds. The summed E-state index contributed by atoms with van der Waals surface area (Å²) < 4.78 is 0. The third kappa shape index (κ3) is 3.32. The molecule has 0 spiro atoms. The minimum atomic E-state index is -1.00. The first-order valence-electron chi connectivity index (χ1n) is 5.88. The van der Waals surface area contributed by atoms with E-state index in [1.807, 2.05) is 6.92 Å². The molecular weight excluding hydrogens is 258 g/mol. The van der Waals surface area contributed by atoms with Gasteiger partial charge in [-0.15, -0.1) is 0 Å². The summed E-state index contributed by atoms with van der Waals surface area (Å²) in [5.41, 5.74) is 2.71. The molecule has 0 fully saturated rings. The number of aromatic amines is 1. The van der Waals surface area contributed by atoms with Gasteiger partial charge < -0.3 is 10.4 Å². The predicted molar refractivity (Wildman–Crippen MR) is 74.4 cm³/mol. The fraction of sp³-hybridized carbons (Fsp3) is 0.0714. The van der Waals surface area contributed by atoms with E-state index in [0.29, 0.717) is 11.3 Å². The molecule has 2 aromatic rings. The van der Waals surface area contributed by atoms with Gasteiger partial charge >= 0.3 is 5.97 Å². The normalized spacial score (nSPS) is 10.7. The Balaban J connectivity index is 2.14. The summed E-state index contributed by atoms with van der Waals surface area (Å²) in [6, 6.07) is 5.26. The van der Waals surface area contributed by atoms with Crippen LogP contribution in [0, 0.1) is 6.92 Å². The van der Waals surface area contributed by atoms with Gasteiger partial charge in [0.15, 0.2) is 0 Å². The van der Waals surface area contributed by atoms with Crippen molar-refractivity contribution in [2.45, 2.75) is 6.92 Å². The number of nitrogens with zero attached hydrogens (tertiary/aromatic N) is 1. The van der Waals surface area contributed by atoms with Gasteiger partial charge in [-0.25, -0.2) is 4.79 Å². The molecule has 6 heteroatoms. The van der Waals surface area contributed by atoms with Crippen molar-refractivity contribution in [2.24, 2.45) is 0 Å². The van der Waals surface area contributed by atoms with Gasteiger partial charge in [0.2, 0.25) is 0 Å². The van der Waals surface area contributed by atoms with Crippen molar-refractivity contribution in [1.29, 1.82) is 0 Å². The maximum absolute atomic E-state index is 11.9. The van der Waals surface area contributed by atoms with E-state index in [-0.39, 0.29) is 5.91 Å². The SMILES string of the molecule is Cc1cc(C=CC(=O)O)ccc1NC(=O)c1cn[nH]c1. The number of nitrogens with one attached hydrogen (secondary N) is 2. The third-order valence-electron chi connectivity index (χ3n) is 2.68. The third-order valence-corrected chi connectivity index (χ3v) is 2.68. The number of amides is 1. The van der Waals surface area contributed by atoms with Gasteiger partial charge in [0.1, 0.15) is 0 Å². The zero-order valence-electron chi connectivity index (χ0n) is 10.8. The van der Waals surface area contributed by atoms with Crippen LogP contribution < -0.4 is 5.32 Å². The summed E-state index contributed by atoms with van der Waals surface area (Å²) in [7, 11) is 0. The molecule has 2 rings (SSSR count).